The number of carbonyl (C=O) groups is 2. The van der Waals surface area contributed by atoms with E-state index in [2.05, 4.69) is 0 Å². The van der Waals surface area contributed by atoms with Crippen molar-refractivity contribution in [3.05, 3.63) is 0 Å². The summed E-state index contributed by atoms with van der Waals surface area (Å²) >= 11 is 0. The van der Waals surface area contributed by atoms with Gasteiger partial charge in [-0.3, -0.25) is 4.79 Å². The van der Waals surface area contributed by atoms with Gasteiger partial charge in [-0.1, -0.05) is 0 Å². The number of hydrogen-bond acceptors (Lipinski definition) is 3. The molecule has 0 aromatic heterocycles. The largest absolute Gasteiger partial charge is 0.444 e. The van der Waals surface area contributed by atoms with Crippen LogP contribution in [-0.4, -0.2) is 36.1 Å². The number of hydrogen-bond donors (Lipinski definition) is 1. The molecule has 0 aromatic rings. The number of carbonyl (C=O) groups excluding carboxylic acids is 2. The molecule has 0 bridgehead atoms. The third-order valence-corrected chi connectivity index (χ3v) is 3.49. The Hall–Kier alpha value is -1.26. The zero-order valence-corrected chi connectivity index (χ0v) is 12.4. The summed E-state index contributed by atoms with van der Waals surface area (Å²) in [6.07, 6.45) is 3.27. The van der Waals surface area contributed by atoms with Crippen molar-refractivity contribution < 1.29 is 14.3 Å². The molecule has 0 aromatic carbocycles. The minimum absolute atomic E-state index is 0.0167. The number of nitrogens with two attached hydrogens (primary N) is 1. The standard InChI is InChI=1S/C14H26N2O3/c1-14(2,3)19-13(18)16(4)9-10-5-7-11(8-6-10)12(15)17/h10-11H,5-9H2,1-4H3,(H2,15,17)/t10-,11-. The summed E-state index contributed by atoms with van der Waals surface area (Å²) in [5.41, 5.74) is 4.84. The van der Waals surface area contributed by atoms with Crippen LogP contribution in [0.1, 0.15) is 46.5 Å². The highest BCUT2D eigenvalue weighted by atomic mass is 16.6. The predicted octanol–water partition coefficient (Wildman–Crippen LogP) is 2.14. The van der Waals surface area contributed by atoms with Crippen LogP contribution in [0.15, 0.2) is 0 Å². The monoisotopic (exact) mass is 270 g/mol. The van der Waals surface area contributed by atoms with E-state index in [0.717, 1.165) is 25.7 Å². The van der Waals surface area contributed by atoms with Gasteiger partial charge in [0.1, 0.15) is 5.60 Å². The van der Waals surface area contributed by atoms with Gasteiger partial charge in [0.05, 0.1) is 0 Å². The molecule has 110 valence electrons. The van der Waals surface area contributed by atoms with Crippen molar-refractivity contribution >= 4 is 12.0 Å². The summed E-state index contributed by atoms with van der Waals surface area (Å²) in [7, 11) is 1.76. The van der Waals surface area contributed by atoms with Crippen LogP contribution >= 0.6 is 0 Å². The van der Waals surface area contributed by atoms with E-state index in [1.807, 2.05) is 20.8 Å². The van der Waals surface area contributed by atoms with Gasteiger partial charge in [-0.2, -0.15) is 0 Å². The SMILES string of the molecule is CN(C[C@H]1CC[C@H](C(N)=O)CC1)C(=O)OC(C)(C)C. The molecule has 1 aliphatic carbocycles. The first-order valence-electron chi connectivity index (χ1n) is 6.92. The van der Waals surface area contributed by atoms with Crippen molar-refractivity contribution in [2.24, 2.45) is 17.6 Å². The minimum Gasteiger partial charge on any atom is -0.444 e. The lowest BCUT2D eigenvalue weighted by atomic mass is 9.81. The molecule has 2 amide bonds. The zero-order valence-electron chi connectivity index (χ0n) is 12.4. The Morgan fingerprint density at radius 1 is 1.21 bits per heavy atom. The smallest absolute Gasteiger partial charge is 0.410 e. The molecule has 1 fully saturated rings. The third-order valence-electron chi connectivity index (χ3n) is 3.49. The van der Waals surface area contributed by atoms with Gasteiger partial charge >= 0.3 is 6.09 Å². The van der Waals surface area contributed by atoms with Crippen LogP contribution in [0, 0.1) is 11.8 Å². The molecule has 0 heterocycles. The first kappa shape index (κ1) is 15.8. The number of ether oxygens (including phenoxy) is 1. The van der Waals surface area contributed by atoms with E-state index in [1.54, 1.807) is 11.9 Å². The van der Waals surface area contributed by atoms with Gasteiger partial charge in [-0.25, -0.2) is 4.79 Å². The molecule has 0 radical (unpaired) electrons. The summed E-state index contributed by atoms with van der Waals surface area (Å²) < 4.78 is 5.31. The lowest BCUT2D eigenvalue weighted by molar-refractivity contribution is -0.123. The third kappa shape index (κ3) is 5.49. The van der Waals surface area contributed by atoms with Crippen molar-refractivity contribution in [1.82, 2.24) is 4.90 Å². The lowest BCUT2D eigenvalue weighted by Gasteiger charge is -2.31. The van der Waals surface area contributed by atoms with Crippen LogP contribution in [-0.2, 0) is 9.53 Å². The molecular weight excluding hydrogens is 244 g/mol. The predicted molar refractivity (Wildman–Crippen MR) is 73.5 cm³/mol. The van der Waals surface area contributed by atoms with E-state index in [9.17, 15) is 9.59 Å². The maximum atomic E-state index is 11.8. The van der Waals surface area contributed by atoms with Crippen LogP contribution < -0.4 is 5.73 Å². The van der Waals surface area contributed by atoms with Gasteiger partial charge in [0.15, 0.2) is 0 Å². The van der Waals surface area contributed by atoms with E-state index in [-0.39, 0.29) is 17.9 Å². The first-order chi connectivity index (χ1) is 8.69. The Kier molecular flexibility index (Phi) is 5.20. The molecule has 1 saturated carbocycles. The maximum Gasteiger partial charge on any atom is 0.410 e. The van der Waals surface area contributed by atoms with Gasteiger partial charge in [0.25, 0.3) is 0 Å². The molecule has 0 saturated heterocycles. The lowest BCUT2D eigenvalue weighted by Crippen LogP contribution is -2.38. The molecule has 1 rings (SSSR count). The summed E-state index contributed by atoms with van der Waals surface area (Å²) in [5.74, 6) is 0.259. The molecule has 0 aliphatic heterocycles. The summed E-state index contributed by atoms with van der Waals surface area (Å²) in [6.45, 7) is 6.25. The topological polar surface area (TPSA) is 72.6 Å². The fourth-order valence-electron chi connectivity index (χ4n) is 2.43. The number of amides is 2. The minimum atomic E-state index is -0.463. The molecule has 19 heavy (non-hydrogen) atoms. The Balaban J connectivity index is 2.36. The fraction of sp³-hybridized carbons (Fsp3) is 0.857. The van der Waals surface area contributed by atoms with Crippen molar-refractivity contribution in [2.75, 3.05) is 13.6 Å². The van der Waals surface area contributed by atoms with E-state index in [1.165, 1.54) is 0 Å². The molecule has 0 unspecified atom stereocenters. The average molecular weight is 270 g/mol. The van der Waals surface area contributed by atoms with Crippen molar-refractivity contribution in [3.8, 4) is 0 Å². The first-order valence-corrected chi connectivity index (χ1v) is 6.92. The second-order valence-corrected chi connectivity index (χ2v) is 6.48. The molecule has 5 nitrogen and oxygen atoms in total. The Morgan fingerprint density at radius 2 is 1.74 bits per heavy atom. The van der Waals surface area contributed by atoms with E-state index in [0.29, 0.717) is 12.5 Å². The van der Waals surface area contributed by atoms with Crippen LogP contribution in [0.3, 0.4) is 0 Å². The molecule has 5 heteroatoms. The van der Waals surface area contributed by atoms with Gasteiger partial charge < -0.3 is 15.4 Å². The number of primary amides is 1. The van der Waals surface area contributed by atoms with Crippen LogP contribution in [0.2, 0.25) is 0 Å². The molecule has 0 spiro atoms. The Labute approximate surface area is 115 Å². The van der Waals surface area contributed by atoms with E-state index >= 15 is 0 Å². The van der Waals surface area contributed by atoms with Crippen LogP contribution in [0.5, 0.6) is 0 Å². The second-order valence-electron chi connectivity index (χ2n) is 6.48. The highest BCUT2D eigenvalue weighted by molar-refractivity contribution is 5.76. The molecule has 2 N–H and O–H groups in total. The zero-order chi connectivity index (χ0) is 14.6. The number of nitrogens with zero attached hydrogens (tertiary/aromatic N) is 1. The van der Waals surface area contributed by atoms with Crippen LogP contribution in [0.25, 0.3) is 0 Å². The summed E-state index contributed by atoms with van der Waals surface area (Å²) in [5, 5.41) is 0. The summed E-state index contributed by atoms with van der Waals surface area (Å²) in [6, 6.07) is 0. The normalized spacial score (nSPS) is 23.8. The van der Waals surface area contributed by atoms with Crippen molar-refractivity contribution in [1.29, 1.82) is 0 Å². The van der Waals surface area contributed by atoms with E-state index < -0.39 is 5.60 Å². The Morgan fingerprint density at radius 3 is 2.16 bits per heavy atom. The highest BCUT2D eigenvalue weighted by Gasteiger charge is 2.27. The number of rotatable bonds is 3. The van der Waals surface area contributed by atoms with Gasteiger partial charge in [0, 0.05) is 19.5 Å². The van der Waals surface area contributed by atoms with Crippen molar-refractivity contribution in [2.45, 2.75) is 52.1 Å². The molecule has 1 aliphatic rings. The maximum absolute atomic E-state index is 11.8. The second kappa shape index (κ2) is 6.26. The van der Waals surface area contributed by atoms with Gasteiger partial charge in [-0.15, -0.1) is 0 Å². The fourth-order valence-corrected chi connectivity index (χ4v) is 2.43. The Bertz CT molecular complexity index is 328. The van der Waals surface area contributed by atoms with E-state index in [4.69, 9.17) is 10.5 Å². The van der Waals surface area contributed by atoms with Gasteiger partial charge in [-0.05, 0) is 52.4 Å². The highest BCUT2D eigenvalue weighted by Crippen LogP contribution is 2.29. The van der Waals surface area contributed by atoms with Gasteiger partial charge in [0.2, 0.25) is 5.91 Å². The van der Waals surface area contributed by atoms with Crippen molar-refractivity contribution in [3.63, 3.8) is 0 Å². The molecule has 0 atom stereocenters. The van der Waals surface area contributed by atoms with Crippen LogP contribution in [0.4, 0.5) is 4.79 Å². The average Bonchev–Trinajstić information content (AvgIpc) is 2.27. The quantitative estimate of drug-likeness (QED) is 0.854. The molecular formula is C14H26N2O3. The summed E-state index contributed by atoms with van der Waals surface area (Å²) in [4.78, 5) is 24.5.